The summed E-state index contributed by atoms with van der Waals surface area (Å²) in [4.78, 5) is 11.4. The van der Waals surface area contributed by atoms with Crippen molar-refractivity contribution in [1.29, 1.82) is 0 Å². The van der Waals surface area contributed by atoms with Gasteiger partial charge in [-0.2, -0.15) is 0 Å². The fourth-order valence-corrected chi connectivity index (χ4v) is 2.77. The molecule has 4 N–H and O–H groups in total. The summed E-state index contributed by atoms with van der Waals surface area (Å²) in [5, 5.41) is 7.32. The second-order valence-electron chi connectivity index (χ2n) is 5.04. The minimum Gasteiger partial charge on any atom is -0.382 e. The van der Waals surface area contributed by atoms with Crippen LogP contribution in [0.15, 0.2) is 18.2 Å². The predicted octanol–water partition coefficient (Wildman–Crippen LogP) is 2.38. The molecular formula is C14H20ClN3O. The summed E-state index contributed by atoms with van der Waals surface area (Å²) in [6, 6.07) is 6.11. The molecule has 0 aliphatic heterocycles. The summed E-state index contributed by atoms with van der Waals surface area (Å²) in [7, 11) is 2.00. The van der Waals surface area contributed by atoms with Crippen molar-refractivity contribution in [3.05, 3.63) is 28.8 Å². The van der Waals surface area contributed by atoms with E-state index in [4.69, 9.17) is 17.3 Å². The van der Waals surface area contributed by atoms with Crippen molar-refractivity contribution in [3.8, 4) is 0 Å². The van der Waals surface area contributed by atoms with Gasteiger partial charge in [-0.1, -0.05) is 11.6 Å². The standard InChI is InChI=1S/C14H20ClN3O/c1-17-10-3-5-11(6-4-10)18-13-8-9(15)2-7-12(13)14(16)19/h2,7-8,10-11,17-18H,3-6H2,1H3,(H2,16,19). The average Bonchev–Trinajstić information content (AvgIpc) is 2.39. The maximum atomic E-state index is 11.4. The maximum Gasteiger partial charge on any atom is 0.250 e. The second-order valence-corrected chi connectivity index (χ2v) is 5.47. The second kappa shape index (κ2) is 6.26. The Morgan fingerprint density at radius 2 is 1.89 bits per heavy atom. The zero-order chi connectivity index (χ0) is 13.8. The number of carbonyl (C=O) groups is 1. The van der Waals surface area contributed by atoms with Crippen molar-refractivity contribution in [2.45, 2.75) is 37.8 Å². The minimum absolute atomic E-state index is 0.376. The molecule has 1 aromatic carbocycles. The first-order chi connectivity index (χ1) is 9.10. The van der Waals surface area contributed by atoms with Crippen LogP contribution in [0.1, 0.15) is 36.0 Å². The highest BCUT2D eigenvalue weighted by molar-refractivity contribution is 6.31. The molecule has 0 heterocycles. The highest BCUT2D eigenvalue weighted by atomic mass is 35.5. The van der Waals surface area contributed by atoms with Gasteiger partial charge in [0.25, 0.3) is 5.91 Å². The summed E-state index contributed by atoms with van der Waals surface area (Å²) >= 11 is 5.98. The Kier molecular flexibility index (Phi) is 4.66. The molecule has 0 atom stereocenters. The summed E-state index contributed by atoms with van der Waals surface area (Å²) in [5.41, 5.74) is 6.62. The van der Waals surface area contributed by atoms with Gasteiger partial charge < -0.3 is 16.4 Å². The van der Waals surface area contributed by atoms with Crippen LogP contribution in [0.2, 0.25) is 5.02 Å². The molecule has 0 bridgehead atoms. The van der Waals surface area contributed by atoms with Gasteiger partial charge in [-0.05, 0) is 50.9 Å². The largest absolute Gasteiger partial charge is 0.382 e. The number of halogens is 1. The van der Waals surface area contributed by atoms with Gasteiger partial charge in [0, 0.05) is 22.8 Å². The smallest absolute Gasteiger partial charge is 0.250 e. The molecule has 0 radical (unpaired) electrons. The molecule has 1 amide bonds. The highest BCUT2D eigenvalue weighted by Crippen LogP contribution is 2.26. The molecule has 1 aromatic rings. The van der Waals surface area contributed by atoms with Gasteiger partial charge in [-0.3, -0.25) is 4.79 Å². The number of benzene rings is 1. The van der Waals surface area contributed by atoms with Gasteiger partial charge in [-0.15, -0.1) is 0 Å². The van der Waals surface area contributed by atoms with Crippen LogP contribution in [-0.2, 0) is 0 Å². The Balaban J connectivity index is 2.06. The number of hydrogen-bond acceptors (Lipinski definition) is 3. The molecule has 0 saturated heterocycles. The SMILES string of the molecule is CNC1CCC(Nc2cc(Cl)ccc2C(N)=O)CC1. The van der Waals surface area contributed by atoms with E-state index in [2.05, 4.69) is 10.6 Å². The first kappa shape index (κ1) is 14.2. The fourth-order valence-electron chi connectivity index (χ4n) is 2.60. The van der Waals surface area contributed by atoms with Crippen molar-refractivity contribution in [3.63, 3.8) is 0 Å². The number of rotatable bonds is 4. The van der Waals surface area contributed by atoms with Crippen LogP contribution in [-0.4, -0.2) is 25.0 Å². The molecule has 0 spiro atoms. The lowest BCUT2D eigenvalue weighted by molar-refractivity contribution is 0.100. The fraction of sp³-hybridized carbons (Fsp3) is 0.500. The number of nitrogens with two attached hydrogens (primary N) is 1. The highest BCUT2D eigenvalue weighted by Gasteiger charge is 2.21. The van der Waals surface area contributed by atoms with E-state index in [-0.39, 0.29) is 0 Å². The number of carbonyl (C=O) groups excluding carboxylic acids is 1. The Labute approximate surface area is 118 Å². The number of anilines is 1. The lowest BCUT2D eigenvalue weighted by Crippen LogP contribution is -2.35. The monoisotopic (exact) mass is 281 g/mol. The molecule has 4 nitrogen and oxygen atoms in total. The Morgan fingerprint density at radius 1 is 1.26 bits per heavy atom. The van der Waals surface area contributed by atoms with Crippen LogP contribution in [0.5, 0.6) is 0 Å². The van der Waals surface area contributed by atoms with E-state index in [9.17, 15) is 4.79 Å². The van der Waals surface area contributed by atoms with Gasteiger partial charge in [-0.25, -0.2) is 0 Å². The van der Waals surface area contributed by atoms with E-state index in [0.717, 1.165) is 31.4 Å². The maximum absolute atomic E-state index is 11.4. The number of primary amides is 1. The lowest BCUT2D eigenvalue weighted by Gasteiger charge is -2.30. The zero-order valence-electron chi connectivity index (χ0n) is 11.1. The van der Waals surface area contributed by atoms with Gasteiger partial charge in [0.15, 0.2) is 0 Å². The lowest BCUT2D eigenvalue weighted by atomic mass is 9.91. The van der Waals surface area contributed by atoms with E-state index in [1.165, 1.54) is 0 Å². The molecule has 1 fully saturated rings. The van der Waals surface area contributed by atoms with E-state index < -0.39 is 5.91 Å². The van der Waals surface area contributed by atoms with Crippen LogP contribution >= 0.6 is 11.6 Å². The summed E-state index contributed by atoms with van der Waals surface area (Å²) in [6.07, 6.45) is 4.44. The van der Waals surface area contributed by atoms with Gasteiger partial charge in [0.05, 0.1) is 5.56 Å². The number of nitrogens with one attached hydrogen (secondary N) is 2. The Bertz CT molecular complexity index is 456. The third-order valence-electron chi connectivity index (χ3n) is 3.74. The quantitative estimate of drug-likeness (QED) is 0.794. The van der Waals surface area contributed by atoms with E-state index in [1.807, 2.05) is 7.05 Å². The van der Waals surface area contributed by atoms with Crippen molar-refractivity contribution >= 4 is 23.2 Å². The van der Waals surface area contributed by atoms with Gasteiger partial charge in [0.1, 0.15) is 0 Å². The third-order valence-corrected chi connectivity index (χ3v) is 3.98. The molecule has 5 heteroatoms. The first-order valence-electron chi connectivity index (χ1n) is 6.63. The zero-order valence-corrected chi connectivity index (χ0v) is 11.8. The molecule has 0 unspecified atom stereocenters. The summed E-state index contributed by atoms with van der Waals surface area (Å²) in [5.74, 6) is -0.428. The topological polar surface area (TPSA) is 67.2 Å². The first-order valence-corrected chi connectivity index (χ1v) is 7.01. The average molecular weight is 282 g/mol. The van der Waals surface area contributed by atoms with Crippen molar-refractivity contribution in [1.82, 2.24) is 5.32 Å². The molecule has 19 heavy (non-hydrogen) atoms. The Hall–Kier alpha value is -1.26. The van der Waals surface area contributed by atoms with E-state index >= 15 is 0 Å². The molecule has 1 saturated carbocycles. The predicted molar refractivity (Wildman–Crippen MR) is 78.7 cm³/mol. The number of hydrogen-bond donors (Lipinski definition) is 3. The van der Waals surface area contributed by atoms with Crippen LogP contribution in [0, 0.1) is 0 Å². The van der Waals surface area contributed by atoms with Crippen LogP contribution in [0.3, 0.4) is 0 Å². The Morgan fingerprint density at radius 3 is 2.47 bits per heavy atom. The van der Waals surface area contributed by atoms with Crippen LogP contribution in [0.25, 0.3) is 0 Å². The molecule has 104 valence electrons. The molecular weight excluding hydrogens is 262 g/mol. The summed E-state index contributed by atoms with van der Waals surface area (Å²) < 4.78 is 0. The van der Waals surface area contributed by atoms with Crippen LogP contribution < -0.4 is 16.4 Å². The minimum atomic E-state index is -0.428. The molecule has 2 rings (SSSR count). The van der Waals surface area contributed by atoms with Gasteiger partial charge in [0.2, 0.25) is 0 Å². The van der Waals surface area contributed by atoms with Crippen LogP contribution in [0.4, 0.5) is 5.69 Å². The summed E-state index contributed by atoms with van der Waals surface area (Å²) in [6.45, 7) is 0. The molecule has 1 aliphatic carbocycles. The van der Waals surface area contributed by atoms with Crippen molar-refractivity contribution in [2.75, 3.05) is 12.4 Å². The third kappa shape index (κ3) is 3.61. The van der Waals surface area contributed by atoms with Gasteiger partial charge >= 0.3 is 0 Å². The molecule has 0 aromatic heterocycles. The van der Waals surface area contributed by atoms with Crippen molar-refractivity contribution < 1.29 is 4.79 Å². The normalized spacial score (nSPS) is 23.1. The van der Waals surface area contributed by atoms with E-state index in [1.54, 1.807) is 18.2 Å². The van der Waals surface area contributed by atoms with E-state index in [0.29, 0.717) is 22.7 Å². The van der Waals surface area contributed by atoms with Crippen molar-refractivity contribution in [2.24, 2.45) is 5.73 Å². The number of amides is 1. The molecule has 1 aliphatic rings.